The van der Waals surface area contributed by atoms with Crippen molar-refractivity contribution in [3.05, 3.63) is 88.3 Å². The van der Waals surface area contributed by atoms with E-state index >= 15 is 0 Å². The summed E-state index contributed by atoms with van der Waals surface area (Å²) in [6.45, 7) is 4.07. The van der Waals surface area contributed by atoms with E-state index in [1.807, 2.05) is 24.3 Å². The van der Waals surface area contributed by atoms with Crippen molar-refractivity contribution >= 4 is 0 Å². The molecule has 4 heteroatoms. The predicted octanol–water partition coefficient (Wildman–Crippen LogP) is 2.73. The molecule has 3 aromatic rings. The zero-order valence-corrected chi connectivity index (χ0v) is 16.8. The average Bonchev–Trinajstić information content (AvgIpc) is 2.75. The Hall–Kier alpha value is -2.85. The molecular formula is C25H27N2O2+. The number of likely N-dealkylation sites (tertiary alicyclic amines) is 1. The predicted molar refractivity (Wildman–Crippen MR) is 114 cm³/mol. The van der Waals surface area contributed by atoms with E-state index in [0.717, 1.165) is 31.9 Å². The number of hydrogen-bond donors (Lipinski definition) is 1. The lowest BCUT2D eigenvalue weighted by atomic mass is 9.80. The van der Waals surface area contributed by atoms with Crippen LogP contribution in [0.25, 0.3) is 11.1 Å². The maximum Gasteiger partial charge on any atom is 0.250 e. The Morgan fingerprint density at radius 2 is 1.79 bits per heavy atom. The summed E-state index contributed by atoms with van der Waals surface area (Å²) < 4.78 is 7.35. The standard InChI is InChI=1S/C25H26N2O2/c1-29-22-9-7-18(8-10-22)14-26-15-19-13-21(17-26)25-23(20-5-3-2-4-6-20)11-12-24(28)27(25)16-19/h2-12,19,21H,13-17H2,1H3/p+1/t19-,21+/m0/s1. The molecule has 1 N–H and O–H groups in total. The SMILES string of the molecule is COc1ccc(C[NH+]2C[C@@H]3C[C@H](C2)c2c(-c4ccccc4)ccc(=O)n2C3)cc1. The fourth-order valence-corrected chi connectivity index (χ4v) is 5.28. The lowest BCUT2D eigenvalue weighted by Gasteiger charge is -2.41. The molecule has 2 aromatic carbocycles. The van der Waals surface area contributed by atoms with Gasteiger partial charge in [-0.3, -0.25) is 4.79 Å². The van der Waals surface area contributed by atoms with Crippen LogP contribution in [0.15, 0.2) is 71.5 Å². The molecule has 148 valence electrons. The molecule has 0 spiro atoms. The fourth-order valence-electron chi connectivity index (χ4n) is 5.28. The number of nitrogens with zero attached hydrogens (tertiary/aromatic N) is 1. The zero-order chi connectivity index (χ0) is 19.8. The number of fused-ring (bicyclic) bond motifs is 4. The lowest BCUT2D eigenvalue weighted by molar-refractivity contribution is -0.924. The van der Waals surface area contributed by atoms with Crippen LogP contribution in [0.5, 0.6) is 5.75 Å². The number of hydrogen-bond acceptors (Lipinski definition) is 2. The second-order valence-corrected chi connectivity index (χ2v) is 8.43. The summed E-state index contributed by atoms with van der Waals surface area (Å²) >= 11 is 0. The van der Waals surface area contributed by atoms with Gasteiger partial charge in [0.25, 0.3) is 5.56 Å². The highest BCUT2D eigenvalue weighted by molar-refractivity contribution is 5.66. The molecule has 0 aliphatic carbocycles. The third kappa shape index (κ3) is 3.49. The minimum absolute atomic E-state index is 0.146. The van der Waals surface area contributed by atoms with Crippen LogP contribution in [-0.2, 0) is 13.1 Å². The summed E-state index contributed by atoms with van der Waals surface area (Å²) in [4.78, 5) is 14.3. The van der Waals surface area contributed by atoms with Gasteiger partial charge in [0.2, 0.25) is 0 Å². The lowest BCUT2D eigenvalue weighted by Crippen LogP contribution is -3.13. The number of benzene rings is 2. The smallest absolute Gasteiger partial charge is 0.250 e. The number of aromatic nitrogens is 1. The van der Waals surface area contributed by atoms with Crippen LogP contribution in [0, 0.1) is 5.92 Å². The Labute approximate surface area is 171 Å². The highest BCUT2D eigenvalue weighted by atomic mass is 16.5. The quantitative estimate of drug-likeness (QED) is 0.747. The summed E-state index contributed by atoms with van der Waals surface area (Å²) in [6, 6.07) is 22.7. The number of methoxy groups -OCH3 is 1. The molecule has 1 saturated heterocycles. The van der Waals surface area contributed by atoms with Gasteiger partial charge in [-0.15, -0.1) is 0 Å². The molecule has 1 fully saturated rings. The van der Waals surface area contributed by atoms with E-state index < -0.39 is 0 Å². The molecule has 2 aliphatic rings. The van der Waals surface area contributed by atoms with Crippen molar-refractivity contribution in [3.8, 4) is 16.9 Å². The van der Waals surface area contributed by atoms with Gasteiger partial charge in [0, 0.05) is 41.3 Å². The van der Waals surface area contributed by atoms with E-state index in [2.05, 4.69) is 41.0 Å². The van der Waals surface area contributed by atoms with Crippen LogP contribution in [0.3, 0.4) is 0 Å². The minimum Gasteiger partial charge on any atom is -0.497 e. The Morgan fingerprint density at radius 1 is 1.00 bits per heavy atom. The van der Waals surface area contributed by atoms with Crippen molar-refractivity contribution in [1.82, 2.24) is 4.57 Å². The molecule has 2 aliphatic heterocycles. The molecule has 3 heterocycles. The van der Waals surface area contributed by atoms with Gasteiger partial charge in [-0.2, -0.15) is 0 Å². The summed E-state index contributed by atoms with van der Waals surface area (Å²) in [7, 11) is 1.70. The van der Waals surface area contributed by atoms with Crippen LogP contribution in [0.1, 0.15) is 23.6 Å². The van der Waals surface area contributed by atoms with E-state index in [4.69, 9.17) is 4.74 Å². The van der Waals surface area contributed by atoms with Crippen molar-refractivity contribution in [3.63, 3.8) is 0 Å². The first kappa shape index (κ1) is 18.2. The Balaban J connectivity index is 1.46. The molecule has 1 aromatic heterocycles. The van der Waals surface area contributed by atoms with Gasteiger partial charge in [-0.05, 0) is 42.3 Å². The molecule has 0 saturated carbocycles. The van der Waals surface area contributed by atoms with Crippen molar-refractivity contribution in [2.75, 3.05) is 20.2 Å². The fraction of sp³-hybridized carbons (Fsp3) is 0.320. The monoisotopic (exact) mass is 387 g/mol. The van der Waals surface area contributed by atoms with Crippen molar-refractivity contribution in [1.29, 1.82) is 0 Å². The van der Waals surface area contributed by atoms with Crippen molar-refractivity contribution < 1.29 is 9.64 Å². The third-order valence-corrected chi connectivity index (χ3v) is 6.48. The number of quaternary nitrogens is 1. The summed E-state index contributed by atoms with van der Waals surface area (Å²) in [5.74, 6) is 1.90. The minimum atomic E-state index is 0.146. The van der Waals surface area contributed by atoms with Crippen LogP contribution in [-0.4, -0.2) is 24.8 Å². The number of nitrogens with one attached hydrogen (secondary N) is 1. The maximum atomic E-state index is 12.7. The second kappa shape index (κ2) is 7.53. The molecule has 3 atom stereocenters. The summed E-state index contributed by atoms with van der Waals surface area (Å²) in [5.41, 5.74) is 5.16. The molecule has 0 amide bonds. The molecule has 29 heavy (non-hydrogen) atoms. The van der Waals surface area contributed by atoms with E-state index in [1.54, 1.807) is 18.1 Å². The van der Waals surface area contributed by atoms with Crippen LogP contribution < -0.4 is 15.2 Å². The number of piperidine rings is 1. The van der Waals surface area contributed by atoms with Gasteiger partial charge in [0.1, 0.15) is 12.3 Å². The number of rotatable bonds is 4. The van der Waals surface area contributed by atoms with Crippen LogP contribution >= 0.6 is 0 Å². The zero-order valence-electron chi connectivity index (χ0n) is 16.8. The topological polar surface area (TPSA) is 35.7 Å². The van der Waals surface area contributed by atoms with Crippen molar-refractivity contribution in [2.24, 2.45) is 5.92 Å². The average molecular weight is 388 g/mol. The largest absolute Gasteiger partial charge is 0.497 e. The first-order valence-electron chi connectivity index (χ1n) is 10.5. The highest BCUT2D eigenvalue weighted by Crippen LogP contribution is 2.36. The summed E-state index contributed by atoms with van der Waals surface area (Å²) in [6.07, 6.45) is 1.19. The van der Waals surface area contributed by atoms with Crippen molar-refractivity contribution in [2.45, 2.75) is 25.4 Å². The van der Waals surface area contributed by atoms with Gasteiger partial charge in [-0.25, -0.2) is 0 Å². The summed E-state index contributed by atoms with van der Waals surface area (Å²) in [5, 5.41) is 0. The molecule has 5 rings (SSSR count). The Kier molecular flexibility index (Phi) is 4.72. The van der Waals surface area contributed by atoms with Gasteiger partial charge < -0.3 is 14.2 Å². The maximum absolute atomic E-state index is 12.7. The molecule has 4 nitrogen and oxygen atoms in total. The molecule has 0 radical (unpaired) electrons. The normalized spacial score (nSPS) is 22.7. The first-order valence-corrected chi connectivity index (χ1v) is 10.5. The van der Waals surface area contributed by atoms with Crippen LogP contribution in [0.2, 0.25) is 0 Å². The molecule has 1 unspecified atom stereocenters. The number of ether oxygens (including phenoxy) is 1. The van der Waals surface area contributed by atoms with E-state index in [0.29, 0.717) is 11.8 Å². The highest BCUT2D eigenvalue weighted by Gasteiger charge is 2.38. The van der Waals surface area contributed by atoms with E-state index in [-0.39, 0.29) is 5.56 Å². The van der Waals surface area contributed by atoms with Crippen LogP contribution in [0.4, 0.5) is 0 Å². The first-order chi connectivity index (χ1) is 14.2. The van der Waals surface area contributed by atoms with E-state index in [9.17, 15) is 4.79 Å². The molecule has 2 bridgehead atoms. The second-order valence-electron chi connectivity index (χ2n) is 8.43. The Morgan fingerprint density at radius 3 is 2.55 bits per heavy atom. The Bertz CT molecular complexity index is 1060. The van der Waals surface area contributed by atoms with Gasteiger partial charge in [0.15, 0.2) is 0 Å². The van der Waals surface area contributed by atoms with Gasteiger partial charge >= 0.3 is 0 Å². The number of pyridine rings is 1. The van der Waals surface area contributed by atoms with Gasteiger partial charge in [-0.1, -0.05) is 30.3 Å². The third-order valence-electron chi connectivity index (χ3n) is 6.48. The molecular weight excluding hydrogens is 360 g/mol. The van der Waals surface area contributed by atoms with Gasteiger partial charge in [0.05, 0.1) is 20.2 Å². The van der Waals surface area contributed by atoms with E-state index in [1.165, 1.54) is 28.8 Å².